The van der Waals surface area contributed by atoms with Gasteiger partial charge in [0.05, 0.1) is 0 Å². The fourth-order valence-electron chi connectivity index (χ4n) is 2.30. The lowest BCUT2D eigenvalue weighted by Gasteiger charge is -2.09. The summed E-state index contributed by atoms with van der Waals surface area (Å²) < 4.78 is 0. The van der Waals surface area contributed by atoms with E-state index in [0.717, 1.165) is 22.3 Å². The molecule has 0 aromatic heterocycles. The van der Waals surface area contributed by atoms with Gasteiger partial charge in [0.2, 0.25) is 0 Å². The van der Waals surface area contributed by atoms with Crippen LogP contribution in [0.15, 0.2) is 36.4 Å². The Bertz CT molecular complexity index is 624. The molecule has 0 aliphatic carbocycles. The summed E-state index contributed by atoms with van der Waals surface area (Å²) in [5.41, 5.74) is 6.56. The number of rotatable bonds is 3. The van der Waals surface area contributed by atoms with Crippen molar-refractivity contribution in [2.75, 3.05) is 0 Å². The normalized spacial score (nSPS) is 10.5. The van der Waals surface area contributed by atoms with Crippen LogP contribution < -0.4 is 0 Å². The van der Waals surface area contributed by atoms with E-state index in [1.807, 2.05) is 32.0 Å². The van der Waals surface area contributed by atoms with Crippen molar-refractivity contribution in [1.82, 2.24) is 0 Å². The third-order valence-electron chi connectivity index (χ3n) is 3.55. The largest absolute Gasteiger partial charge is 0.294 e. The van der Waals surface area contributed by atoms with Crippen molar-refractivity contribution in [2.24, 2.45) is 0 Å². The van der Waals surface area contributed by atoms with E-state index in [1.54, 1.807) is 0 Å². The van der Waals surface area contributed by atoms with E-state index in [-0.39, 0.29) is 5.78 Å². The molecular weight excluding hydrogens is 232 g/mol. The van der Waals surface area contributed by atoms with Crippen molar-refractivity contribution < 1.29 is 4.79 Å². The Balaban J connectivity index is 2.30. The Hall–Kier alpha value is -1.89. The molecule has 0 aliphatic rings. The van der Waals surface area contributed by atoms with Gasteiger partial charge in [-0.05, 0) is 50.5 Å². The van der Waals surface area contributed by atoms with Gasteiger partial charge in [0.15, 0.2) is 5.78 Å². The average Bonchev–Trinajstić information content (AvgIpc) is 2.36. The number of carbonyl (C=O) groups excluding carboxylic acids is 1. The first kappa shape index (κ1) is 13.5. The van der Waals surface area contributed by atoms with Crippen LogP contribution in [0.3, 0.4) is 0 Å². The molecule has 0 fully saturated rings. The lowest BCUT2D eigenvalue weighted by atomic mass is 9.95. The first-order valence-electron chi connectivity index (χ1n) is 6.64. The Morgan fingerprint density at radius 1 is 0.842 bits per heavy atom. The number of hydrogen-bond acceptors (Lipinski definition) is 1. The average molecular weight is 252 g/mol. The minimum atomic E-state index is 0.204. The van der Waals surface area contributed by atoms with Gasteiger partial charge in [0.25, 0.3) is 0 Å². The number of Topliss-reactive ketones (excluding diaryl/α,β-unsaturated/α-hetero) is 1. The highest BCUT2D eigenvalue weighted by Crippen LogP contribution is 2.17. The maximum absolute atomic E-state index is 12.5. The van der Waals surface area contributed by atoms with Gasteiger partial charge in [-0.15, -0.1) is 0 Å². The highest BCUT2D eigenvalue weighted by atomic mass is 16.1. The van der Waals surface area contributed by atoms with Gasteiger partial charge in [-0.2, -0.15) is 0 Å². The second-order valence-electron chi connectivity index (χ2n) is 5.35. The molecule has 0 saturated heterocycles. The van der Waals surface area contributed by atoms with Crippen molar-refractivity contribution in [3.63, 3.8) is 0 Å². The van der Waals surface area contributed by atoms with Crippen LogP contribution in [0.2, 0.25) is 0 Å². The van der Waals surface area contributed by atoms with E-state index >= 15 is 0 Å². The molecule has 0 unspecified atom stereocenters. The van der Waals surface area contributed by atoms with Crippen LogP contribution in [0, 0.1) is 27.7 Å². The molecule has 0 heterocycles. The standard InChI is InChI=1S/C18H20O/c1-12-5-7-14(3)16(9-12)11-18(19)17-10-13(2)6-8-15(17)4/h5-10H,11H2,1-4H3. The van der Waals surface area contributed by atoms with Crippen molar-refractivity contribution in [2.45, 2.75) is 34.1 Å². The number of ketones is 1. The predicted octanol–water partition coefficient (Wildman–Crippen LogP) is 4.35. The quantitative estimate of drug-likeness (QED) is 0.742. The first-order chi connectivity index (χ1) is 8.97. The van der Waals surface area contributed by atoms with Gasteiger partial charge in [-0.1, -0.05) is 41.5 Å². The topological polar surface area (TPSA) is 17.1 Å². The van der Waals surface area contributed by atoms with Crippen LogP contribution in [0.5, 0.6) is 0 Å². The van der Waals surface area contributed by atoms with Gasteiger partial charge in [-0.3, -0.25) is 4.79 Å². The van der Waals surface area contributed by atoms with Crippen LogP contribution >= 0.6 is 0 Å². The minimum Gasteiger partial charge on any atom is -0.294 e. The molecule has 2 aromatic carbocycles. The summed E-state index contributed by atoms with van der Waals surface area (Å²) in [4.78, 5) is 12.5. The fraction of sp³-hybridized carbons (Fsp3) is 0.278. The lowest BCUT2D eigenvalue weighted by molar-refractivity contribution is 0.0992. The maximum atomic E-state index is 12.5. The molecule has 0 spiro atoms. The fourth-order valence-corrected chi connectivity index (χ4v) is 2.30. The predicted molar refractivity (Wildman–Crippen MR) is 79.9 cm³/mol. The first-order valence-corrected chi connectivity index (χ1v) is 6.64. The smallest absolute Gasteiger partial charge is 0.167 e. The molecule has 98 valence electrons. The van der Waals surface area contributed by atoms with Crippen LogP contribution in [0.25, 0.3) is 0 Å². The van der Waals surface area contributed by atoms with Crippen LogP contribution in [-0.2, 0) is 6.42 Å². The Kier molecular flexibility index (Phi) is 3.84. The van der Waals surface area contributed by atoms with E-state index < -0.39 is 0 Å². The van der Waals surface area contributed by atoms with Crippen LogP contribution in [-0.4, -0.2) is 5.78 Å². The zero-order valence-electron chi connectivity index (χ0n) is 12.1. The lowest BCUT2D eigenvalue weighted by Crippen LogP contribution is -2.07. The zero-order chi connectivity index (χ0) is 14.0. The minimum absolute atomic E-state index is 0.204. The maximum Gasteiger partial charge on any atom is 0.167 e. The summed E-state index contributed by atoms with van der Waals surface area (Å²) in [5.74, 6) is 0.204. The molecule has 19 heavy (non-hydrogen) atoms. The van der Waals surface area contributed by atoms with E-state index in [2.05, 4.69) is 32.0 Å². The highest BCUT2D eigenvalue weighted by Gasteiger charge is 2.11. The van der Waals surface area contributed by atoms with Gasteiger partial charge in [0, 0.05) is 12.0 Å². The molecule has 0 bridgehead atoms. The third-order valence-corrected chi connectivity index (χ3v) is 3.55. The summed E-state index contributed by atoms with van der Waals surface area (Å²) in [7, 11) is 0. The molecule has 2 aromatic rings. The molecule has 0 radical (unpaired) electrons. The molecule has 0 aliphatic heterocycles. The second-order valence-corrected chi connectivity index (χ2v) is 5.35. The Morgan fingerprint density at radius 2 is 1.42 bits per heavy atom. The monoisotopic (exact) mass is 252 g/mol. The summed E-state index contributed by atoms with van der Waals surface area (Å²) in [6, 6.07) is 12.3. The van der Waals surface area contributed by atoms with Crippen molar-refractivity contribution >= 4 is 5.78 Å². The number of hydrogen-bond donors (Lipinski definition) is 0. The molecule has 0 N–H and O–H groups in total. The second kappa shape index (κ2) is 5.40. The summed E-state index contributed by atoms with van der Waals surface area (Å²) in [5, 5.41) is 0. The van der Waals surface area contributed by atoms with Crippen LogP contribution in [0.4, 0.5) is 0 Å². The van der Waals surface area contributed by atoms with E-state index in [0.29, 0.717) is 6.42 Å². The van der Waals surface area contributed by atoms with Crippen molar-refractivity contribution in [3.8, 4) is 0 Å². The molecule has 0 saturated carbocycles. The Morgan fingerprint density at radius 3 is 2.11 bits per heavy atom. The van der Waals surface area contributed by atoms with Crippen molar-refractivity contribution in [3.05, 3.63) is 69.8 Å². The van der Waals surface area contributed by atoms with Gasteiger partial charge in [-0.25, -0.2) is 0 Å². The molecular formula is C18H20O. The Labute approximate surface area is 115 Å². The summed E-state index contributed by atoms with van der Waals surface area (Å²) in [6.07, 6.45) is 0.484. The SMILES string of the molecule is Cc1ccc(C)c(CC(=O)c2cc(C)ccc2C)c1. The van der Waals surface area contributed by atoms with Crippen molar-refractivity contribution in [1.29, 1.82) is 0 Å². The van der Waals surface area contributed by atoms with Gasteiger partial charge >= 0.3 is 0 Å². The van der Waals surface area contributed by atoms with Gasteiger partial charge < -0.3 is 0 Å². The highest BCUT2D eigenvalue weighted by molar-refractivity contribution is 5.99. The number of carbonyl (C=O) groups is 1. The van der Waals surface area contributed by atoms with Crippen LogP contribution in [0.1, 0.15) is 38.2 Å². The van der Waals surface area contributed by atoms with E-state index in [9.17, 15) is 4.79 Å². The summed E-state index contributed by atoms with van der Waals surface area (Å²) in [6.45, 7) is 8.14. The van der Waals surface area contributed by atoms with E-state index in [1.165, 1.54) is 11.1 Å². The molecule has 2 rings (SSSR count). The molecule has 0 atom stereocenters. The number of aryl methyl sites for hydroxylation is 4. The molecule has 1 nitrogen and oxygen atoms in total. The molecule has 0 amide bonds. The summed E-state index contributed by atoms with van der Waals surface area (Å²) >= 11 is 0. The zero-order valence-corrected chi connectivity index (χ0v) is 12.1. The number of benzene rings is 2. The molecule has 1 heteroatoms. The third kappa shape index (κ3) is 3.11. The van der Waals surface area contributed by atoms with E-state index in [4.69, 9.17) is 0 Å². The van der Waals surface area contributed by atoms with Gasteiger partial charge in [0.1, 0.15) is 0 Å².